The number of benzene rings is 2. The quantitative estimate of drug-likeness (QED) is 0.862. The number of hydrogen-bond acceptors (Lipinski definition) is 3. The van der Waals surface area contributed by atoms with Crippen LogP contribution in [0.25, 0.3) is 0 Å². The lowest BCUT2D eigenvalue weighted by Gasteiger charge is -2.30. The zero-order valence-corrected chi connectivity index (χ0v) is 14.8. The Bertz CT molecular complexity index is 828. The van der Waals surface area contributed by atoms with Gasteiger partial charge in [-0.05, 0) is 72.2 Å². The van der Waals surface area contributed by atoms with Crippen LogP contribution in [-0.4, -0.2) is 31.6 Å². The molecule has 0 spiro atoms. The van der Waals surface area contributed by atoms with Crippen molar-refractivity contribution in [1.82, 2.24) is 4.90 Å². The summed E-state index contributed by atoms with van der Waals surface area (Å²) in [5, 5.41) is 0. The predicted octanol–water partition coefficient (Wildman–Crippen LogP) is 3.39. The average molecular weight is 337 g/mol. The number of carbonyl (C=O) groups is 1. The van der Waals surface area contributed by atoms with Crippen LogP contribution in [0.2, 0.25) is 0 Å². The molecule has 4 rings (SSSR count). The molecule has 0 saturated carbocycles. The van der Waals surface area contributed by atoms with Crippen LogP contribution >= 0.6 is 0 Å². The first-order chi connectivity index (χ1) is 12.2. The second-order valence-electron chi connectivity index (χ2n) is 6.79. The van der Waals surface area contributed by atoms with E-state index in [4.69, 9.17) is 9.47 Å². The summed E-state index contributed by atoms with van der Waals surface area (Å²) in [7, 11) is 3.29. The van der Waals surface area contributed by atoms with Crippen LogP contribution in [-0.2, 0) is 25.8 Å². The highest BCUT2D eigenvalue weighted by molar-refractivity contribution is 5.94. The molecular weight excluding hydrogens is 314 g/mol. The molecule has 0 saturated heterocycles. The Morgan fingerprint density at radius 1 is 0.880 bits per heavy atom. The largest absolute Gasteiger partial charge is 0.493 e. The molecule has 4 heteroatoms. The number of aryl methyl sites for hydroxylation is 2. The van der Waals surface area contributed by atoms with Gasteiger partial charge in [-0.3, -0.25) is 4.79 Å². The van der Waals surface area contributed by atoms with E-state index in [0.29, 0.717) is 12.3 Å². The lowest BCUT2D eigenvalue weighted by Crippen LogP contribution is -2.36. The third-order valence-corrected chi connectivity index (χ3v) is 5.35. The summed E-state index contributed by atoms with van der Waals surface area (Å²) < 4.78 is 10.8. The second kappa shape index (κ2) is 6.43. The van der Waals surface area contributed by atoms with E-state index in [0.717, 1.165) is 42.7 Å². The number of fused-ring (bicyclic) bond motifs is 2. The van der Waals surface area contributed by atoms with E-state index in [1.54, 1.807) is 14.2 Å². The minimum atomic E-state index is 0.120. The minimum Gasteiger partial charge on any atom is -0.493 e. The van der Waals surface area contributed by atoms with E-state index < -0.39 is 0 Å². The van der Waals surface area contributed by atoms with Crippen molar-refractivity contribution in [2.45, 2.75) is 32.2 Å². The summed E-state index contributed by atoms with van der Waals surface area (Å²) in [5.41, 5.74) is 5.92. The highest BCUT2D eigenvalue weighted by Gasteiger charge is 2.24. The van der Waals surface area contributed by atoms with Gasteiger partial charge in [0.1, 0.15) is 0 Å². The Kier molecular flexibility index (Phi) is 4.12. The van der Waals surface area contributed by atoms with Gasteiger partial charge in [0.2, 0.25) is 0 Å². The third-order valence-electron chi connectivity index (χ3n) is 5.35. The number of nitrogens with zero attached hydrogens (tertiary/aromatic N) is 1. The standard InChI is InChI=1S/C21H23NO3/c1-24-19-11-16-8-9-22(13-18(16)12-20(19)25-2)21(23)17-7-6-14-4-3-5-15(14)10-17/h6-7,10-12H,3-5,8-9,13H2,1-2H3. The van der Waals surface area contributed by atoms with Crippen molar-refractivity contribution in [3.05, 3.63) is 58.1 Å². The van der Waals surface area contributed by atoms with Gasteiger partial charge in [-0.25, -0.2) is 0 Å². The van der Waals surface area contributed by atoms with Crippen molar-refractivity contribution < 1.29 is 14.3 Å². The molecule has 2 aliphatic rings. The minimum absolute atomic E-state index is 0.120. The van der Waals surface area contributed by atoms with Gasteiger partial charge in [0.15, 0.2) is 11.5 Å². The molecule has 4 nitrogen and oxygen atoms in total. The summed E-state index contributed by atoms with van der Waals surface area (Å²) in [5.74, 6) is 1.59. The number of methoxy groups -OCH3 is 2. The van der Waals surface area contributed by atoms with Gasteiger partial charge in [-0.1, -0.05) is 6.07 Å². The van der Waals surface area contributed by atoms with Crippen molar-refractivity contribution in [3.8, 4) is 11.5 Å². The van der Waals surface area contributed by atoms with E-state index in [9.17, 15) is 4.79 Å². The van der Waals surface area contributed by atoms with Crippen LogP contribution in [0.4, 0.5) is 0 Å². The average Bonchev–Trinajstić information content (AvgIpc) is 3.13. The van der Waals surface area contributed by atoms with Gasteiger partial charge < -0.3 is 14.4 Å². The predicted molar refractivity (Wildman–Crippen MR) is 96.5 cm³/mol. The monoisotopic (exact) mass is 337 g/mol. The third kappa shape index (κ3) is 2.86. The number of ether oxygens (including phenoxy) is 2. The maximum atomic E-state index is 13.0. The summed E-state index contributed by atoms with van der Waals surface area (Å²) in [6, 6.07) is 10.2. The Balaban J connectivity index is 1.58. The summed E-state index contributed by atoms with van der Waals surface area (Å²) >= 11 is 0. The fourth-order valence-electron chi connectivity index (χ4n) is 3.94. The first-order valence-corrected chi connectivity index (χ1v) is 8.84. The molecular formula is C21H23NO3. The Labute approximate surface area is 148 Å². The summed E-state index contributed by atoms with van der Waals surface area (Å²) in [6.45, 7) is 1.35. The molecule has 2 aromatic rings. The molecule has 25 heavy (non-hydrogen) atoms. The molecule has 130 valence electrons. The number of hydrogen-bond donors (Lipinski definition) is 0. The van der Waals surface area contributed by atoms with Gasteiger partial charge in [-0.2, -0.15) is 0 Å². The molecule has 0 atom stereocenters. The summed E-state index contributed by atoms with van der Waals surface area (Å²) in [6.07, 6.45) is 4.27. The van der Waals surface area contributed by atoms with Crippen molar-refractivity contribution in [1.29, 1.82) is 0 Å². The van der Waals surface area contributed by atoms with Crippen molar-refractivity contribution in [3.63, 3.8) is 0 Å². The molecule has 1 amide bonds. The van der Waals surface area contributed by atoms with E-state index in [1.165, 1.54) is 23.1 Å². The SMILES string of the molecule is COc1cc2c(cc1OC)CN(C(=O)c1ccc3c(c1)CCC3)CC2. The first kappa shape index (κ1) is 16.0. The van der Waals surface area contributed by atoms with Crippen molar-refractivity contribution >= 4 is 5.91 Å². The Morgan fingerprint density at radius 3 is 2.32 bits per heavy atom. The van der Waals surface area contributed by atoms with Crippen molar-refractivity contribution in [2.24, 2.45) is 0 Å². The Morgan fingerprint density at radius 2 is 1.56 bits per heavy atom. The fraction of sp³-hybridized carbons (Fsp3) is 0.381. The van der Waals surface area contributed by atoms with E-state index in [2.05, 4.69) is 12.1 Å². The van der Waals surface area contributed by atoms with Gasteiger partial charge in [0.05, 0.1) is 14.2 Å². The fourth-order valence-corrected chi connectivity index (χ4v) is 3.94. The van der Waals surface area contributed by atoms with Crippen LogP contribution in [0, 0.1) is 0 Å². The summed E-state index contributed by atoms with van der Waals surface area (Å²) in [4.78, 5) is 14.9. The van der Waals surface area contributed by atoms with Crippen molar-refractivity contribution in [2.75, 3.05) is 20.8 Å². The molecule has 2 aromatic carbocycles. The lowest BCUT2D eigenvalue weighted by molar-refractivity contribution is 0.0734. The van der Waals surface area contributed by atoms with Crippen LogP contribution in [0.1, 0.15) is 39.0 Å². The van der Waals surface area contributed by atoms with Gasteiger partial charge in [0, 0.05) is 18.7 Å². The molecule has 0 bridgehead atoms. The van der Waals surface area contributed by atoms with Crippen LogP contribution < -0.4 is 9.47 Å². The maximum Gasteiger partial charge on any atom is 0.254 e. The first-order valence-electron chi connectivity index (χ1n) is 8.84. The normalized spacial score (nSPS) is 15.5. The topological polar surface area (TPSA) is 38.8 Å². The zero-order chi connectivity index (χ0) is 17.4. The maximum absolute atomic E-state index is 13.0. The number of amides is 1. The van der Waals surface area contributed by atoms with Gasteiger partial charge in [0.25, 0.3) is 5.91 Å². The van der Waals surface area contributed by atoms with Gasteiger partial charge in [-0.15, -0.1) is 0 Å². The highest BCUT2D eigenvalue weighted by atomic mass is 16.5. The molecule has 1 aliphatic carbocycles. The van der Waals surface area contributed by atoms with E-state index >= 15 is 0 Å². The molecule has 0 radical (unpaired) electrons. The molecule has 0 fully saturated rings. The Hall–Kier alpha value is -2.49. The second-order valence-corrected chi connectivity index (χ2v) is 6.79. The van der Waals surface area contributed by atoms with Crippen LogP contribution in [0.5, 0.6) is 11.5 Å². The molecule has 0 aromatic heterocycles. The highest BCUT2D eigenvalue weighted by Crippen LogP contribution is 2.33. The van der Waals surface area contributed by atoms with Crippen LogP contribution in [0.15, 0.2) is 30.3 Å². The van der Waals surface area contributed by atoms with Gasteiger partial charge >= 0.3 is 0 Å². The van der Waals surface area contributed by atoms with Crippen LogP contribution in [0.3, 0.4) is 0 Å². The lowest BCUT2D eigenvalue weighted by atomic mass is 9.97. The van der Waals surface area contributed by atoms with E-state index in [1.807, 2.05) is 23.1 Å². The van der Waals surface area contributed by atoms with E-state index in [-0.39, 0.29) is 5.91 Å². The number of carbonyl (C=O) groups excluding carboxylic acids is 1. The zero-order valence-electron chi connectivity index (χ0n) is 14.8. The molecule has 0 unspecified atom stereocenters. The molecule has 1 heterocycles. The number of rotatable bonds is 3. The molecule has 0 N–H and O–H groups in total. The smallest absolute Gasteiger partial charge is 0.254 e. The molecule has 1 aliphatic heterocycles.